The second kappa shape index (κ2) is 8.43. The van der Waals surface area contributed by atoms with Crippen LogP contribution >= 0.6 is 0 Å². The van der Waals surface area contributed by atoms with Crippen LogP contribution in [0.1, 0.15) is 39.5 Å². The van der Waals surface area contributed by atoms with Crippen molar-refractivity contribution < 1.29 is 9.53 Å². The van der Waals surface area contributed by atoms with E-state index in [1.807, 2.05) is 42.2 Å². The number of nitrogens with zero attached hydrogens (tertiary/aromatic N) is 3. The first-order chi connectivity index (χ1) is 17.7. The van der Waals surface area contributed by atoms with Crippen LogP contribution in [-0.2, 0) is 24.9 Å². The maximum atomic E-state index is 13.0. The number of fused-ring (bicyclic) bond motifs is 5. The lowest BCUT2D eigenvalue weighted by Gasteiger charge is -2.30. The molecule has 1 saturated heterocycles. The van der Waals surface area contributed by atoms with E-state index < -0.39 is 0 Å². The minimum absolute atomic E-state index is 0.0609. The van der Waals surface area contributed by atoms with Gasteiger partial charge in [0.1, 0.15) is 11.5 Å². The van der Waals surface area contributed by atoms with Gasteiger partial charge in [-0.2, -0.15) is 0 Å². The molecule has 8 nitrogen and oxygen atoms in total. The monoisotopic (exact) mass is 480 g/mol. The highest BCUT2D eigenvalue weighted by Crippen LogP contribution is 2.39. The molecule has 1 fully saturated rings. The molecule has 0 spiro atoms. The average Bonchev–Trinajstić information content (AvgIpc) is 3.42. The van der Waals surface area contributed by atoms with Crippen molar-refractivity contribution in [1.82, 2.24) is 25.2 Å². The summed E-state index contributed by atoms with van der Waals surface area (Å²) in [6.45, 7) is 3.80. The second-order valence-corrected chi connectivity index (χ2v) is 9.94. The third kappa shape index (κ3) is 3.40. The van der Waals surface area contributed by atoms with Crippen molar-refractivity contribution in [2.75, 3.05) is 25.1 Å². The molecule has 3 N–H and O–H groups in total. The summed E-state index contributed by atoms with van der Waals surface area (Å²) < 4.78 is 7.73. The van der Waals surface area contributed by atoms with E-state index in [4.69, 9.17) is 9.72 Å². The van der Waals surface area contributed by atoms with Crippen LogP contribution in [0.3, 0.4) is 0 Å². The third-order valence-corrected chi connectivity index (χ3v) is 7.87. The summed E-state index contributed by atoms with van der Waals surface area (Å²) in [5, 5.41) is 11.1. The highest BCUT2D eigenvalue weighted by atomic mass is 16.5. The molecule has 0 bridgehead atoms. The number of aryl methyl sites for hydroxylation is 1. The fourth-order valence-electron chi connectivity index (χ4n) is 6.09. The zero-order valence-corrected chi connectivity index (χ0v) is 20.2. The Labute approximate surface area is 209 Å². The van der Waals surface area contributed by atoms with Gasteiger partial charge in [0.15, 0.2) is 0 Å². The predicted octanol–water partition coefficient (Wildman–Crippen LogP) is 3.85. The van der Waals surface area contributed by atoms with Crippen molar-refractivity contribution in [2.45, 2.75) is 25.4 Å². The number of nitrogens with one attached hydrogen (secondary N) is 3. The van der Waals surface area contributed by atoms with Crippen molar-refractivity contribution >= 4 is 28.4 Å². The van der Waals surface area contributed by atoms with Crippen LogP contribution in [0.15, 0.2) is 48.8 Å². The number of ether oxygens (including phenoxy) is 1. The number of hydrogen-bond acceptors (Lipinski definition) is 6. The molecule has 0 aliphatic carbocycles. The number of hydrogen-bond donors (Lipinski definition) is 3. The first kappa shape index (κ1) is 21.5. The Balaban J connectivity index is 1.26. The maximum absolute atomic E-state index is 13.0. The van der Waals surface area contributed by atoms with Gasteiger partial charge >= 0.3 is 0 Å². The van der Waals surface area contributed by atoms with Crippen LogP contribution in [0.5, 0.6) is 0 Å². The quantitative estimate of drug-likeness (QED) is 0.413. The molecule has 182 valence electrons. The summed E-state index contributed by atoms with van der Waals surface area (Å²) in [5.41, 5.74) is 7.93. The molecule has 6 heterocycles. The second-order valence-electron chi connectivity index (χ2n) is 9.94. The summed E-state index contributed by atoms with van der Waals surface area (Å²) in [5.74, 6) is 1.67. The molecule has 1 aromatic carbocycles. The first-order valence-corrected chi connectivity index (χ1v) is 12.6. The Morgan fingerprint density at radius 1 is 1.11 bits per heavy atom. The highest BCUT2D eigenvalue weighted by Gasteiger charge is 2.32. The summed E-state index contributed by atoms with van der Waals surface area (Å²) in [4.78, 5) is 22.5. The number of aromatic nitrogens is 3. The molecule has 4 aromatic rings. The summed E-state index contributed by atoms with van der Waals surface area (Å²) >= 11 is 0. The summed E-state index contributed by atoms with van der Waals surface area (Å²) in [6.07, 6.45) is 4.88. The fraction of sp³-hybridized carbons (Fsp3) is 0.321. The van der Waals surface area contributed by atoms with Crippen LogP contribution in [0.2, 0.25) is 0 Å². The fourth-order valence-corrected chi connectivity index (χ4v) is 6.09. The zero-order valence-electron chi connectivity index (χ0n) is 20.2. The number of pyridine rings is 2. The maximum Gasteiger partial charge on any atom is 0.254 e. The number of rotatable bonds is 3. The minimum Gasteiger partial charge on any atom is -0.381 e. The van der Waals surface area contributed by atoms with Gasteiger partial charge in [0.25, 0.3) is 5.91 Å². The molecule has 3 aliphatic heterocycles. The van der Waals surface area contributed by atoms with Gasteiger partial charge in [0.2, 0.25) is 0 Å². The largest absolute Gasteiger partial charge is 0.381 e. The van der Waals surface area contributed by atoms with E-state index >= 15 is 0 Å². The van der Waals surface area contributed by atoms with Gasteiger partial charge in [-0.1, -0.05) is 12.1 Å². The Hall–Kier alpha value is -3.75. The number of anilines is 2. The molecule has 7 rings (SSSR count). The zero-order chi connectivity index (χ0) is 24.2. The summed E-state index contributed by atoms with van der Waals surface area (Å²) in [6, 6.07) is 12.4. The lowest BCUT2D eigenvalue weighted by Crippen LogP contribution is -2.31. The van der Waals surface area contributed by atoms with Crippen LogP contribution in [0.25, 0.3) is 22.2 Å². The van der Waals surface area contributed by atoms with E-state index in [9.17, 15) is 4.79 Å². The lowest BCUT2D eigenvalue weighted by atomic mass is 9.83. The van der Waals surface area contributed by atoms with Crippen LogP contribution in [-0.4, -0.2) is 40.2 Å². The number of benzene rings is 1. The average molecular weight is 481 g/mol. The van der Waals surface area contributed by atoms with Gasteiger partial charge in [-0.15, -0.1) is 0 Å². The van der Waals surface area contributed by atoms with E-state index in [2.05, 4.69) is 39.1 Å². The predicted molar refractivity (Wildman–Crippen MR) is 138 cm³/mol. The SMILES string of the molecule is Cn1ccc2c(-c3ccc(Nc4ccc5c(n4)CNC[C@H]4COCC[C@@H]54)c4c3CNC4=O)ccnc21. The molecule has 8 heteroatoms. The molecule has 0 saturated carbocycles. The Bertz CT molecular complexity index is 1510. The number of amides is 1. The molecule has 36 heavy (non-hydrogen) atoms. The van der Waals surface area contributed by atoms with Gasteiger partial charge in [0.05, 0.1) is 23.6 Å². The van der Waals surface area contributed by atoms with E-state index in [0.717, 1.165) is 77.6 Å². The number of carbonyl (C=O) groups excluding carboxylic acids is 1. The van der Waals surface area contributed by atoms with Gasteiger partial charge < -0.3 is 25.3 Å². The Kier molecular flexibility index (Phi) is 5.04. The van der Waals surface area contributed by atoms with E-state index in [1.165, 1.54) is 5.56 Å². The smallest absolute Gasteiger partial charge is 0.254 e. The van der Waals surface area contributed by atoms with Crippen molar-refractivity contribution in [1.29, 1.82) is 0 Å². The number of carbonyl (C=O) groups is 1. The summed E-state index contributed by atoms with van der Waals surface area (Å²) in [7, 11) is 1.99. The molecule has 0 unspecified atom stereocenters. The standard InChI is InChI=1S/C28H28N6O2/c1-34-10-7-21-19(6-9-30-27(21)34)18-2-4-23(26-22(18)13-31-28(26)35)32-25-5-3-20-17-8-11-36-15-16(17)12-29-14-24(20)33-25/h2-7,9-10,16-17,29H,8,11-15H2,1H3,(H,31,35)(H,32,33)/t16-,17+/m0/s1. The van der Waals surface area contributed by atoms with E-state index in [0.29, 0.717) is 23.9 Å². The Morgan fingerprint density at radius 3 is 3.00 bits per heavy atom. The molecular formula is C28H28N6O2. The minimum atomic E-state index is -0.0609. The van der Waals surface area contributed by atoms with Crippen LogP contribution < -0.4 is 16.0 Å². The van der Waals surface area contributed by atoms with Gasteiger partial charge in [-0.25, -0.2) is 9.97 Å². The molecule has 2 atom stereocenters. The van der Waals surface area contributed by atoms with Crippen LogP contribution in [0, 0.1) is 5.92 Å². The van der Waals surface area contributed by atoms with Gasteiger partial charge in [-0.3, -0.25) is 4.79 Å². The van der Waals surface area contributed by atoms with Crippen LogP contribution in [0.4, 0.5) is 11.5 Å². The third-order valence-electron chi connectivity index (χ3n) is 7.87. The van der Waals surface area contributed by atoms with Crippen molar-refractivity contribution in [2.24, 2.45) is 13.0 Å². The van der Waals surface area contributed by atoms with E-state index in [-0.39, 0.29) is 5.91 Å². The van der Waals surface area contributed by atoms with Gasteiger partial charge in [-0.05, 0) is 58.9 Å². The normalized spacial score (nSPS) is 20.9. The Morgan fingerprint density at radius 2 is 2.06 bits per heavy atom. The molecule has 3 aromatic heterocycles. The van der Waals surface area contributed by atoms with Crippen molar-refractivity contribution in [3.05, 3.63) is 71.2 Å². The van der Waals surface area contributed by atoms with Gasteiger partial charge in [0, 0.05) is 57.0 Å². The molecule has 1 amide bonds. The van der Waals surface area contributed by atoms with E-state index in [1.54, 1.807) is 0 Å². The topological polar surface area (TPSA) is 93.1 Å². The molecule has 3 aliphatic rings. The first-order valence-electron chi connectivity index (χ1n) is 12.6. The van der Waals surface area contributed by atoms with Crippen molar-refractivity contribution in [3.63, 3.8) is 0 Å². The molecule has 0 radical (unpaired) electrons. The molecular weight excluding hydrogens is 452 g/mol. The highest BCUT2D eigenvalue weighted by molar-refractivity contribution is 6.07. The lowest BCUT2D eigenvalue weighted by molar-refractivity contribution is 0.0418. The van der Waals surface area contributed by atoms with Crippen molar-refractivity contribution in [3.8, 4) is 11.1 Å².